The van der Waals surface area contributed by atoms with Crippen molar-refractivity contribution in [3.63, 3.8) is 0 Å². The number of rotatable bonds is 4. The minimum Gasteiger partial charge on any atom is -0.480 e. The van der Waals surface area contributed by atoms with Gasteiger partial charge in [0.25, 0.3) is 0 Å². The predicted octanol–water partition coefficient (Wildman–Crippen LogP) is 0.694. The van der Waals surface area contributed by atoms with Crippen LogP contribution in [0.15, 0.2) is 24.3 Å². The quantitative estimate of drug-likeness (QED) is 0.681. The molecule has 0 aliphatic rings. The van der Waals surface area contributed by atoms with Crippen LogP contribution in [-0.4, -0.2) is 22.3 Å². The SMILES string of the molecule is CC(O)Cc1ccc(C(N)C(=O)O)cc1. The zero-order chi connectivity index (χ0) is 11.4. The van der Waals surface area contributed by atoms with Gasteiger partial charge in [-0.1, -0.05) is 24.3 Å². The van der Waals surface area contributed by atoms with Crippen molar-refractivity contribution < 1.29 is 15.0 Å². The molecule has 4 nitrogen and oxygen atoms in total. The van der Waals surface area contributed by atoms with E-state index in [9.17, 15) is 4.79 Å². The van der Waals surface area contributed by atoms with Gasteiger partial charge >= 0.3 is 5.97 Å². The van der Waals surface area contributed by atoms with Crippen LogP contribution in [0.2, 0.25) is 0 Å². The number of hydrogen-bond donors (Lipinski definition) is 3. The van der Waals surface area contributed by atoms with E-state index < -0.39 is 18.1 Å². The lowest BCUT2D eigenvalue weighted by Crippen LogP contribution is -2.20. The normalized spacial score (nSPS) is 14.6. The number of aliphatic hydroxyl groups excluding tert-OH is 1. The van der Waals surface area contributed by atoms with Crippen molar-refractivity contribution >= 4 is 5.97 Å². The summed E-state index contributed by atoms with van der Waals surface area (Å²) in [5.41, 5.74) is 6.97. The minimum absolute atomic E-state index is 0.399. The molecule has 1 aromatic rings. The molecule has 0 aliphatic carbocycles. The molecule has 0 bridgehead atoms. The number of benzene rings is 1. The summed E-state index contributed by atoms with van der Waals surface area (Å²) in [6.45, 7) is 1.71. The van der Waals surface area contributed by atoms with Crippen LogP contribution >= 0.6 is 0 Å². The molecule has 82 valence electrons. The van der Waals surface area contributed by atoms with Crippen molar-refractivity contribution in [3.8, 4) is 0 Å². The smallest absolute Gasteiger partial charge is 0.325 e. The predicted molar refractivity (Wildman–Crippen MR) is 56.4 cm³/mol. The molecule has 0 radical (unpaired) electrons. The van der Waals surface area contributed by atoms with E-state index in [0.29, 0.717) is 12.0 Å². The summed E-state index contributed by atoms with van der Waals surface area (Å²) in [5.74, 6) is -1.04. The Labute approximate surface area is 88.3 Å². The largest absolute Gasteiger partial charge is 0.480 e. The van der Waals surface area contributed by atoms with E-state index in [4.69, 9.17) is 15.9 Å². The highest BCUT2D eigenvalue weighted by Crippen LogP contribution is 2.12. The van der Waals surface area contributed by atoms with Gasteiger partial charge in [-0.15, -0.1) is 0 Å². The first-order valence-electron chi connectivity index (χ1n) is 4.76. The van der Waals surface area contributed by atoms with E-state index in [1.807, 2.05) is 0 Å². The number of carbonyl (C=O) groups is 1. The van der Waals surface area contributed by atoms with Crippen LogP contribution in [0, 0.1) is 0 Å². The summed E-state index contributed by atoms with van der Waals surface area (Å²) < 4.78 is 0. The van der Waals surface area contributed by atoms with Gasteiger partial charge in [-0.2, -0.15) is 0 Å². The van der Waals surface area contributed by atoms with Crippen molar-refractivity contribution in [2.24, 2.45) is 5.73 Å². The van der Waals surface area contributed by atoms with Gasteiger partial charge in [0.1, 0.15) is 6.04 Å². The third-order valence-corrected chi connectivity index (χ3v) is 2.14. The topological polar surface area (TPSA) is 83.5 Å². The van der Waals surface area contributed by atoms with Crippen LogP contribution in [0.1, 0.15) is 24.1 Å². The molecule has 0 heterocycles. The molecule has 1 aromatic carbocycles. The van der Waals surface area contributed by atoms with E-state index in [2.05, 4.69) is 0 Å². The Morgan fingerprint density at radius 2 is 1.93 bits per heavy atom. The summed E-state index contributed by atoms with van der Waals surface area (Å²) >= 11 is 0. The monoisotopic (exact) mass is 209 g/mol. The number of aliphatic carboxylic acids is 1. The van der Waals surface area contributed by atoms with Crippen LogP contribution in [-0.2, 0) is 11.2 Å². The molecule has 2 unspecified atom stereocenters. The first kappa shape index (κ1) is 11.7. The highest BCUT2D eigenvalue weighted by molar-refractivity contribution is 5.75. The molecule has 4 heteroatoms. The molecular weight excluding hydrogens is 194 g/mol. The molecule has 0 spiro atoms. The number of hydrogen-bond acceptors (Lipinski definition) is 3. The summed E-state index contributed by atoms with van der Waals surface area (Å²) in [4.78, 5) is 10.6. The lowest BCUT2D eigenvalue weighted by Gasteiger charge is -2.08. The van der Waals surface area contributed by atoms with Gasteiger partial charge in [0.05, 0.1) is 6.10 Å². The third kappa shape index (κ3) is 3.34. The van der Waals surface area contributed by atoms with Gasteiger partial charge in [-0.25, -0.2) is 0 Å². The van der Waals surface area contributed by atoms with E-state index in [-0.39, 0.29) is 0 Å². The van der Waals surface area contributed by atoms with Crippen LogP contribution in [0.5, 0.6) is 0 Å². The highest BCUT2D eigenvalue weighted by atomic mass is 16.4. The average Bonchev–Trinajstić information content (AvgIpc) is 2.17. The standard InChI is InChI=1S/C11H15NO3/c1-7(13)6-8-2-4-9(5-3-8)10(12)11(14)15/h2-5,7,10,13H,6,12H2,1H3,(H,14,15). The summed E-state index contributed by atoms with van der Waals surface area (Å²) in [6.07, 6.45) is 0.159. The van der Waals surface area contributed by atoms with E-state index >= 15 is 0 Å². The maximum Gasteiger partial charge on any atom is 0.325 e. The fraction of sp³-hybridized carbons (Fsp3) is 0.364. The van der Waals surface area contributed by atoms with Crippen LogP contribution in [0.25, 0.3) is 0 Å². The average molecular weight is 209 g/mol. The van der Waals surface area contributed by atoms with Gasteiger partial charge in [0, 0.05) is 0 Å². The third-order valence-electron chi connectivity index (χ3n) is 2.14. The molecule has 15 heavy (non-hydrogen) atoms. The zero-order valence-electron chi connectivity index (χ0n) is 8.55. The second-order valence-corrected chi connectivity index (χ2v) is 3.61. The van der Waals surface area contributed by atoms with Crippen molar-refractivity contribution in [3.05, 3.63) is 35.4 Å². The number of aliphatic hydroxyl groups is 1. The van der Waals surface area contributed by atoms with Crippen molar-refractivity contribution in [1.29, 1.82) is 0 Å². The van der Waals surface area contributed by atoms with Crippen LogP contribution < -0.4 is 5.73 Å². The molecule has 0 amide bonds. The van der Waals surface area contributed by atoms with Crippen LogP contribution in [0.3, 0.4) is 0 Å². The Hall–Kier alpha value is -1.39. The summed E-state index contributed by atoms with van der Waals surface area (Å²) in [6, 6.07) is 5.94. The molecule has 0 saturated heterocycles. The highest BCUT2D eigenvalue weighted by Gasteiger charge is 2.13. The lowest BCUT2D eigenvalue weighted by molar-refractivity contribution is -0.138. The van der Waals surface area contributed by atoms with E-state index in [1.54, 1.807) is 31.2 Å². The maximum absolute atomic E-state index is 10.6. The Morgan fingerprint density at radius 3 is 2.33 bits per heavy atom. The van der Waals surface area contributed by atoms with Gasteiger partial charge in [-0.05, 0) is 24.5 Å². The molecule has 0 aromatic heterocycles. The first-order valence-corrected chi connectivity index (χ1v) is 4.76. The fourth-order valence-electron chi connectivity index (χ4n) is 1.34. The van der Waals surface area contributed by atoms with Gasteiger partial charge in [-0.3, -0.25) is 4.79 Å². The number of nitrogens with two attached hydrogens (primary N) is 1. The number of carboxylic acid groups (broad SMARTS) is 1. The summed E-state index contributed by atoms with van der Waals surface area (Å²) in [5, 5.41) is 17.8. The lowest BCUT2D eigenvalue weighted by atomic mass is 10.0. The second-order valence-electron chi connectivity index (χ2n) is 3.61. The van der Waals surface area contributed by atoms with Crippen molar-refractivity contribution in [2.75, 3.05) is 0 Å². The summed E-state index contributed by atoms with van der Waals surface area (Å²) in [7, 11) is 0. The molecule has 2 atom stereocenters. The Bertz CT molecular complexity index is 332. The minimum atomic E-state index is -1.04. The molecule has 0 fully saturated rings. The molecule has 4 N–H and O–H groups in total. The Kier molecular flexibility index (Phi) is 3.82. The molecular formula is C11H15NO3. The number of carboxylic acids is 1. The first-order chi connectivity index (χ1) is 7.00. The van der Waals surface area contributed by atoms with Gasteiger partial charge in [0.15, 0.2) is 0 Å². The maximum atomic E-state index is 10.6. The van der Waals surface area contributed by atoms with Crippen molar-refractivity contribution in [1.82, 2.24) is 0 Å². The fourth-order valence-corrected chi connectivity index (χ4v) is 1.34. The second kappa shape index (κ2) is 4.91. The van der Waals surface area contributed by atoms with Crippen molar-refractivity contribution in [2.45, 2.75) is 25.5 Å². The Morgan fingerprint density at radius 1 is 1.40 bits per heavy atom. The zero-order valence-corrected chi connectivity index (χ0v) is 8.55. The van der Waals surface area contributed by atoms with E-state index in [1.165, 1.54) is 0 Å². The molecule has 0 saturated carbocycles. The van der Waals surface area contributed by atoms with Gasteiger partial charge in [0.2, 0.25) is 0 Å². The van der Waals surface area contributed by atoms with Gasteiger partial charge < -0.3 is 15.9 Å². The molecule has 1 rings (SSSR count). The Balaban J connectivity index is 2.76. The van der Waals surface area contributed by atoms with Crippen LogP contribution in [0.4, 0.5) is 0 Å². The van der Waals surface area contributed by atoms with E-state index in [0.717, 1.165) is 5.56 Å². The molecule has 0 aliphatic heterocycles.